The molecule has 2 N–H and O–H groups in total. The Hall–Kier alpha value is -2.10. The van der Waals surface area contributed by atoms with Gasteiger partial charge in [0, 0.05) is 11.1 Å². The van der Waals surface area contributed by atoms with Gasteiger partial charge in [0.15, 0.2) is 0 Å². The van der Waals surface area contributed by atoms with Crippen LogP contribution in [0.5, 0.6) is 5.75 Å². The van der Waals surface area contributed by atoms with Gasteiger partial charge in [0.1, 0.15) is 11.4 Å². The molecular weight excluding hydrogens is 240 g/mol. The highest BCUT2D eigenvalue weighted by molar-refractivity contribution is 6.05. The summed E-state index contributed by atoms with van der Waals surface area (Å²) in [5.41, 5.74) is 7.11. The summed E-state index contributed by atoms with van der Waals surface area (Å²) in [4.78, 5) is 15.9. The fourth-order valence-corrected chi connectivity index (χ4v) is 1.96. The molecule has 1 amide bonds. The number of carbonyl (C=O) groups is 1. The van der Waals surface area contributed by atoms with Gasteiger partial charge in [0.05, 0.1) is 11.1 Å². The molecule has 0 bridgehead atoms. The molecule has 2 rings (SSSR count). The molecule has 1 aromatic heterocycles. The number of aryl methyl sites for hydroxylation is 1. The standard InChI is InChI=1S/C15H18N2O2/c1-9-7-12(14(16)18)11-8-10(19-15(2,3)4)5-6-13(11)17-9/h5-8H,1-4H3,(H2,16,18). The van der Waals surface area contributed by atoms with E-state index in [4.69, 9.17) is 10.5 Å². The summed E-state index contributed by atoms with van der Waals surface area (Å²) in [6.07, 6.45) is 0. The summed E-state index contributed by atoms with van der Waals surface area (Å²) in [7, 11) is 0. The van der Waals surface area contributed by atoms with Crippen molar-refractivity contribution in [3.63, 3.8) is 0 Å². The van der Waals surface area contributed by atoms with Crippen molar-refractivity contribution in [1.29, 1.82) is 0 Å². The predicted molar refractivity (Wildman–Crippen MR) is 75.4 cm³/mol. The zero-order chi connectivity index (χ0) is 14.2. The molecule has 0 saturated carbocycles. The number of ether oxygens (including phenoxy) is 1. The maximum atomic E-state index is 11.5. The zero-order valence-electron chi connectivity index (χ0n) is 11.7. The maximum Gasteiger partial charge on any atom is 0.249 e. The summed E-state index contributed by atoms with van der Waals surface area (Å²) in [5.74, 6) is 0.247. The average molecular weight is 258 g/mol. The van der Waals surface area contributed by atoms with Gasteiger partial charge in [0.2, 0.25) is 5.91 Å². The Morgan fingerprint density at radius 2 is 1.95 bits per heavy atom. The molecular formula is C15H18N2O2. The largest absolute Gasteiger partial charge is 0.488 e. The number of pyridine rings is 1. The number of nitrogens with zero attached hydrogens (tertiary/aromatic N) is 1. The lowest BCUT2D eigenvalue weighted by atomic mass is 10.1. The summed E-state index contributed by atoms with van der Waals surface area (Å²) in [6.45, 7) is 7.75. The normalized spacial score (nSPS) is 11.6. The minimum Gasteiger partial charge on any atom is -0.488 e. The second-order valence-corrected chi connectivity index (χ2v) is 5.57. The van der Waals surface area contributed by atoms with E-state index in [9.17, 15) is 4.79 Å². The Morgan fingerprint density at radius 1 is 1.26 bits per heavy atom. The highest BCUT2D eigenvalue weighted by atomic mass is 16.5. The Kier molecular flexibility index (Phi) is 3.18. The number of hydrogen-bond donors (Lipinski definition) is 1. The Labute approximate surface area is 112 Å². The highest BCUT2D eigenvalue weighted by Gasteiger charge is 2.14. The van der Waals surface area contributed by atoms with Crippen molar-refractivity contribution in [3.05, 3.63) is 35.5 Å². The molecule has 0 aliphatic heterocycles. The van der Waals surface area contributed by atoms with Gasteiger partial charge >= 0.3 is 0 Å². The van der Waals surface area contributed by atoms with Crippen LogP contribution in [-0.2, 0) is 0 Å². The molecule has 19 heavy (non-hydrogen) atoms. The average Bonchev–Trinajstić information content (AvgIpc) is 2.26. The number of benzene rings is 1. The van der Waals surface area contributed by atoms with E-state index in [-0.39, 0.29) is 5.60 Å². The van der Waals surface area contributed by atoms with E-state index in [1.165, 1.54) is 0 Å². The van der Waals surface area contributed by atoms with Crippen LogP contribution in [-0.4, -0.2) is 16.5 Å². The molecule has 0 unspecified atom stereocenters. The summed E-state index contributed by atoms with van der Waals surface area (Å²) in [5, 5.41) is 0.722. The van der Waals surface area contributed by atoms with E-state index < -0.39 is 5.91 Å². The molecule has 1 aromatic carbocycles. The van der Waals surface area contributed by atoms with Crippen LogP contribution in [0.25, 0.3) is 10.9 Å². The maximum absolute atomic E-state index is 11.5. The number of rotatable bonds is 2. The molecule has 0 fully saturated rings. The van der Waals surface area contributed by atoms with Crippen molar-refractivity contribution in [2.45, 2.75) is 33.3 Å². The quantitative estimate of drug-likeness (QED) is 0.900. The number of carbonyl (C=O) groups excluding carboxylic acids is 1. The van der Waals surface area contributed by atoms with Gasteiger partial charge in [-0.2, -0.15) is 0 Å². The first-order valence-electron chi connectivity index (χ1n) is 6.16. The number of amides is 1. The molecule has 100 valence electrons. The Morgan fingerprint density at radius 3 is 2.53 bits per heavy atom. The van der Waals surface area contributed by atoms with Crippen LogP contribution in [0.1, 0.15) is 36.8 Å². The topological polar surface area (TPSA) is 65.2 Å². The van der Waals surface area contributed by atoms with Crippen molar-refractivity contribution >= 4 is 16.8 Å². The molecule has 4 heteroatoms. The van der Waals surface area contributed by atoms with Gasteiger partial charge in [-0.1, -0.05) is 0 Å². The van der Waals surface area contributed by atoms with E-state index in [0.29, 0.717) is 11.3 Å². The van der Waals surface area contributed by atoms with Gasteiger partial charge in [-0.15, -0.1) is 0 Å². The number of fused-ring (bicyclic) bond motifs is 1. The van der Waals surface area contributed by atoms with E-state index in [1.54, 1.807) is 6.07 Å². The highest BCUT2D eigenvalue weighted by Crippen LogP contribution is 2.26. The molecule has 1 heterocycles. The van der Waals surface area contributed by atoms with Gasteiger partial charge in [0.25, 0.3) is 0 Å². The first-order valence-corrected chi connectivity index (χ1v) is 6.16. The van der Waals surface area contributed by atoms with Gasteiger partial charge < -0.3 is 10.5 Å². The number of aromatic nitrogens is 1. The van der Waals surface area contributed by atoms with Gasteiger partial charge in [-0.25, -0.2) is 0 Å². The Bertz CT molecular complexity index is 642. The summed E-state index contributed by atoms with van der Waals surface area (Å²) >= 11 is 0. The van der Waals surface area contributed by atoms with Crippen LogP contribution in [0.15, 0.2) is 24.3 Å². The second kappa shape index (κ2) is 4.53. The lowest BCUT2D eigenvalue weighted by Gasteiger charge is -2.21. The first kappa shape index (κ1) is 13.3. The van der Waals surface area contributed by atoms with E-state index >= 15 is 0 Å². The molecule has 0 spiro atoms. The van der Waals surface area contributed by atoms with Crippen LogP contribution in [0.2, 0.25) is 0 Å². The van der Waals surface area contributed by atoms with Gasteiger partial charge in [-0.05, 0) is 52.0 Å². The van der Waals surface area contributed by atoms with Crippen LogP contribution in [0.3, 0.4) is 0 Å². The lowest BCUT2D eigenvalue weighted by Crippen LogP contribution is -2.23. The van der Waals surface area contributed by atoms with Crippen molar-refractivity contribution in [2.24, 2.45) is 5.73 Å². The van der Waals surface area contributed by atoms with E-state index in [0.717, 1.165) is 16.6 Å². The third-order valence-corrected chi connectivity index (χ3v) is 2.60. The number of primary amides is 1. The fraction of sp³-hybridized carbons (Fsp3) is 0.333. The van der Waals surface area contributed by atoms with E-state index in [2.05, 4.69) is 4.98 Å². The van der Waals surface area contributed by atoms with Crippen LogP contribution < -0.4 is 10.5 Å². The van der Waals surface area contributed by atoms with Crippen molar-refractivity contribution in [1.82, 2.24) is 4.98 Å². The molecule has 0 aliphatic rings. The monoisotopic (exact) mass is 258 g/mol. The molecule has 0 atom stereocenters. The van der Waals surface area contributed by atoms with Crippen LogP contribution >= 0.6 is 0 Å². The molecule has 2 aromatic rings. The number of hydrogen-bond acceptors (Lipinski definition) is 3. The second-order valence-electron chi connectivity index (χ2n) is 5.57. The minimum atomic E-state index is -0.455. The minimum absolute atomic E-state index is 0.293. The van der Waals surface area contributed by atoms with Crippen molar-refractivity contribution in [2.75, 3.05) is 0 Å². The van der Waals surface area contributed by atoms with E-state index in [1.807, 2.05) is 45.9 Å². The molecule has 0 radical (unpaired) electrons. The lowest BCUT2D eigenvalue weighted by molar-refractivity contribution is 0.100. The predicted octanol–water partition coefficient (Wildman–Crippen LogP) is 2.82. The zero-order valence-corrected chi connectivity index (χ0v) is 11.7. The van der Waals surface area contributed by atoms with Crippen molar-refractivity contribution in [3.8, 4) is 5.75 Å². The van der Waals surface area contributed by atoms with Crippen LogP contribution in [0, 0.1) is 6.92 Å². The Balaban J connectivity index is 2.61. The first-order chi connectivity index (χ1) is 8.76. The fourth-order valence-electron chi connectivity index (χ4n) is 1.96. The van der Waals surface area contributed by atoms with Crippen LogP contribution in [0.4, 0.5) is 0 Å². The molecule has 0 saturated heterocycles. The molecule has 4 nitrogen and oxygen atoms in total. The van der Waals surface area contributed by atoms with Gasteiger partial charge in [-0.3, -0.25) is 9.78 Å². The summed E-state index contributed by atoms with van der Waals surface area (Å²) < 4.78 is 5.79. The third kappa shape index (κ3) is 3.02. The van der Waals surface area contributed by atoms with Crippen molar-refractivity contribution < 1.29 is 9.53 Å². The smallest absolute Gasteiger partial charge is 0.249 e. The number of nitrogens with two attached hydrogens (primary N) is 1. The third-order valence-electron chi connectivity index (χ3n) is 2.60. The summed E-state index contributed by atoms with van der Waals surface area (Å²) in [6, 6.07) is 7.21. The molecule has 0 aliphatic carbocycles. The SMILES string of the molecule is Cc1cc(C(N)=O)c2cc(OC(C)(C)C)ccc2n1.